The predicted molar refractivity (Wildman–Crippen MR) is 56.6 cm³/mol. The van der Waals surface area contributed by atoms with Crippen molar-refractivity contribution >= 4 is 5.91 Å². The van der Waals surface area contributed by atoms with Crippen molar-refractivity contribution in [3.05, 3.63) is 24.2 Å². The molecule has 4 N–H and O–H groups in total. The molecule has 0 saturated carbocycles. The molecule has 0 aliphatic heterocycles. The number of amides is 1. The second-order valence-electron chi connectivity index (χ2n) is 3.31. The Labute approximate surface area is 89.0 Å². The van der Waals surface area contributed by atoms with Gasteiger partial charge in [0, 0.05) is 0 Å². The second-order valence-corrected chi connectivity index (χ2v) is 3.31. The van der Waals surface area contributed by atoms with E-state index in [0.29, 0.717) is 6.54 Å². The first kappa shape index (κ1) is 11.7. The highest BCUT2D eigenvalue weighted by molar-refractivity contribution is 5.81. The number of furan rings is 1. The van der Waals surface area contributed by atoms with Gasteiger partial charge in [0.2, 0.25) is 0 Å². The minimum absolute atomic E-state index is 0.191. The molecule has 1 aromatic rings. The number of hydrazine groups is 1. The Balaban J connectivity index is 2.41. The van der Waals surface area contributed by atoms with Gasteiger partial charge in [0.05, 0.1) is 18.8 Å². The molecule has 5 nitrogen and oxygen atoms in total. The van der Waals surface area contributed by atoms with Gasteiger partial charge in [-0.1, -0.05) is 13.3 Å². The monoisotopic (exact) mass is 211 g/mol. The summed E-state index contributed by atoms with van der Waals surface area (Å²) in [4.78, 5) is 11.3. The Kier molecular flexibility index (Phi) is 4.86. The molecule has 0 spiro atoms. The number of rotatable bonds is 6. The summed E-state index contributed by atoms with van der Waals surface area (Å²) in [7, 11) is 0. The summed E-state index contributed by atoms with van der Waals surface area (Å²) in [5.41, 5.74) is 2.15. The van der Waals surface area contributed by atoms with Crippen LogP contribution in [0.3, 0.4) is 0 Å². The van der Waals surface area contributed by atoms with Gasteiger partial charge in [0.25, 0.3) is 5.91 Å². The lowest BCUT2D eigenvalue weighted by molar-refractivity contribution is -0.123. The molecule has 15 heavy (non-hydrogen) atoms. The zero-order valence-corrected chi connectivity index (χ0v) is 8.82. The van der Waals surface area contributed by atoms with Crippen LogP contribution in [0.1, 0.15) is 25.5 Å². The molecule has 0 aliphatic rings. The molecular formula is C10H17N3O2. The van der Waals surface area contributed by atoms with Crippen LogP contribution >= 0.6 is 0 Å². The van der Waals surface area contributed by atoms with Gasteiger partial charge in [-0.25, -0.2) is 5.84 Å². The van der Waals surface area contributed by atoms with Crippen LogP contribution in [0.25, 0.3) is 0 Å². The van der Waals surface area contributed by atoms with Crippen LogP contribution in [-0.2, 0) is 11.3 Å². The SMILES string of the molecule is CCC[C@H](NCc1ccco1)C(=O)NN. The molecule has 0 aliphatic carbocycles. The molecule has 0 radical (unpaired) electrons. The molecule has 1 aromatic heterocycles. The minimum Gasteiger partial charge on any atom is -0.468 e. The summed E-state index contributed by atoms with van der Waals surface area (Å²) in [5, 5.41) is 3.09. The Morgan fingerprint density at radius 2 is 2.47 bits per heavy atom. The Morgan fingerprint density at radius 1 is 1.67 bits per heavy atom. The van der Waals surface area contributed by atoms with Gasteiger partial charge in [0.15, 0.2) is 0 Å². The standard InChI is InChI=1S/C10H17N3O2/c1-2-4-9(10(14)13-11)12-7-8-5-3-6-15-8/h3,5-6,9,12H,2,4,7,11H2,1H3,(H,13,14)/t9-/m0/s1. The molecule has 5 heteroatoms. The van der Waals surface area contributed by atoms with E-state index in [0.717, 1.165) is 18.6 Å². The molecule has 1 atom stereocenters. The summed E-state index contributed by atoms with van der Waals surface area (Å²) in [5.74, 6) is 5.70. The van der Waals surface area contributed by atoms with Crippen molar-refractivity contribution in [1.82, 2.24) is 10.7 Å². The Hall–Kier alpha value is -1.33. The molecular weight excluding hydrogens is 194 g/mol. The third-order valence-electron chi connectivity index (χ3n) is 2.14. The van der Waals surface area contributed by atoms with Gasteiger partial charge >= 0.3 is 0 Å². The maximum Gasteiger partial charge on any atom is 0.251 e. The van der Waals surface area contributed by atoms with Gasteiger partial charge in [0.1, 0.15) is 5.76 Å². The van der Waals surface area contributed by atoms with E-state index in [1.807, 2.05) is 19.1 Å². The van der Waals surface area contributed by atoms with Crippen LogP contribution in [0.2, 0.25) is 0 Å². The number of carbonyl (C=O) groups is 1. The fraction of sp³-hybridized carbons (Fsp3) is 0.500. The molecule has 84 valence electrons. The van der Waals surface area contributed by atoms with Crippen LogP contribution < -0.4 is 16.6 Å². The van der Waals surface area contributed by atoms with E-state index in [-0.39, 0.29) is 11.9 Å². The maximum absolute atomic E-state index is 11.3. The number of hydrogen-bond acceptors (Lipinski definition) is 4. The van der Waals surface area contributed by atoms with E-state index in [9.17, 15) is 4.79 Å². The van der Waals surface area contributed by atoms with Gasteiger partial charge in [-0.15, -0.1) is 0 Å². The van der Waals surface area contributed by atoms with Crippen LogP contribution in [-0.4, -0.2) is 11.9 Å². The molecule has 0 bridgehead atoms. The highest BCUT2D eigenvalue weighted by Crippen LogP contribution is 2.02. The van der Waals surface area contributed by atoms with E-state index in [2.05, 4.69) is 10.7 Å². The minimum atomic E-state index is -0.259. The molecule has 1 rings (SSSR count). The number of nitrogens with two attached hydrogens (primary N) is 1. The van der Waals surface area contributed by atoms with Crippen LogP contribution in [0, 0.1) is 0 Å². The normalized spacial score (nSPS) is 12.4. The molecule has 1 heterocycles. The van der Waals surface area contributed by atoms with Gasteiger partial charge < -0.3 is 4.42 Å². The van der Waals surface area contributed by atoms with E-state index >= 15 is 0 Å². The average Bonchev–Trinajstić information content (AvgIpc) is 2.76. The number of hydrogen-bond donors (Lipinski definition) is 3. The molecule has 1 amide bonds. The van der Waals surface area contributed by atoms with E-state index in [1.165, 1.54) is 0 Å². The van der Waals surface area contributed by atoms with Crippen molar-refractivity contribution in [3.8, 4) is 0 Å². The molecule has 0 fully saturated rings. The Bertz CT molecular complexity index is 285. The van der Waals surface area contributed by atoms with Gasteiger partial charge in [-0.2, -0.15) is 0 Å². The molecule has 0 aromatic carbocycles. The summed E-state index contributed by atoms with van der Waals surface area (Å²) in [6, 6.07) is 3.41. The van der Waals surface area contributed by atoms with E-state index in [4.69, 9.17) is 10.3 Å². The van der Waals surface area contributed by atoms with Crippen molar-refractivity contribution in [2.45, 2.75) is 32.4 Å². The van der Waals surface area contributed by atoms with E-state index in [1.54, 1.807) is 6.26 Å². The lowest BCUT2D eigenvalue weighted by Gasteiger charge is -2.15. The molecule has 0 saturated heterocycles. The summed E-state index contributed by atoms with van der Waals surface area (Å²) < 4.78 is 5.15. The first-order valence-corrected chi connectivity index (χ1v) is 5.04. The van der Waals surface area contributed by atoms with Crippen molar-refractivity contribution in [2.75, 3.05) is 0 Å². The van der Waals surface area contributed by atoms with Gasteiger partial charge in [-0.05, 0) is 18.6 Å². The topological polar surface area (TPSA) is 80.3 Å². The van der Waals surface area contributed by atoms with Crippen molar-refractivity contribution < 1.29 is 9.21 Å². The quantitative estimate of drug-likeness (QED) is 0.364. The largest absolute Gasteiger partial charge is 0.468 e. The highest BCUT2D eigenvalue weighted by atomic mass is 16.3. The van der Waals surface area contributed by atoms with Gasteiger partial charge in [-0.3, -0.25) is 15.5 Å². The first-order valence-electron chi connectivity index (χ1n) is 5.04. The smallest absolute Gasteiger partial charge is 0.251 e. The summed E-state index contributed by atoms with van der Waals surface area (Å²) in [6.45, 7) is 2.55. The first-order chi connectivity index (χ1) is 7.27. The van der Waals surface area contributed by atoms with Crippen LogP contribution in [0.4, 0.5) is 0 Å². The fourth-order valence-corrected chi connectivity index (χ4v) is 1.35. The third kappa shape index (κ3) is 3.73. The second kappa shape index (κ2) is 6.21. The summed E-state index contributed by atoms with van der Waals surface area (Å²) >= 11 is 0. The third-order valence-corrected chi connectivity index (χ3v) is 2.14. The van der Waals surface area contributed by atoms with Crippen molar-refractivity contribution in [2.24, 2.45) is 5.84 Å². The molecule has 0 unspecified atom stereocenters. The van der Waals surface area contributed by atoms with Crippen molar-refractivity contribution in [1.29, 1.82) is 0 Å². The van der Waals surface area contributed by atoms with Crippen LogP contribution in [0.15, 0.2) is 22.8 Å². The van der Waals surface area contributed by atoms with Crippen molar-refractivity contribution in [3.63, 3.8) is 0 Å². The highest BCUT2D eigenvalue weighted by Gasteiger charge is 2.15. The van der Waals surface area contributed by atoms with Crippen LogP contribution in [0.5, 0.6) is 0 Å². The lowest BCUT2D eigenvalue weighted by Crippen LogP contribution is -2.46. The predicted octanol–water partition coefficient (Wildman–Crippen LogP) is 0.528. The summed E-state index contributed by atoms with van der Waals surface area (Å²) in [6.07, 6.45) is 3.28. The van der Waals surface area contributed by atoms with E-state index < -0.39 is 0 Å². The number of nitrogens with one attached hydrogen (secondary N) is 2. The lowest BCUT2D eigenvalue weighted by atomic mass is 10.1. The zero-order valence-electron chi connectivity index (χ0n) is 8.82. The average molecular weight is 211 g/mol. The zero-order chi connectivity index (χ0) is 11.1. The maximum atomic E-state index is 11.3. The Morgan fingerprint density at radius 3 is 3.00 bits per heavy atom. The number of carbonyl (C=O) groups excluding carboxylic acids is 1. The fourth-order valence-electron chi connectivity index (χ4n) is 1.35.